The molecule has 1 aromatic carbocycles. The molecule has 114 valence electrons. The van der Waals surface area contributed by atoms with Crippen molar-refractivity contribution >= 4 is 11.4 Å². The number of ether oxygens (including phenoxy) is 1. The van der Waals surface area contributed by atoms with E-state index in [1.807, 2.05) is 20.8 Å². The van der Waals surface area contributed by atoms with Gasteiger partial charge >= 0.3 is 0 Å². The van der Waals surface area contributed by atoms with Gasteiger partial charge in [-0.15, -0.1) is 0 Å². The summed E-state index contributed by atoms with van der Waals surface area (Å²) in [7, 11) is 0. The average Bonchev–Trinajstić information content (AvgIpc) is 2.36. The summed E-state index contributed by atoms with van der Waals surface area (Å²) in [6, 6.07) is 2.86. The van der Waals surface area contributed by atoms with Crippen LogP contribution >= 0.6 is 0 Å². The number of halogens is 1. The highest BCUT2D eigenvalue weighted by Crippen LogP contribution is 2.30. The third-order valence-electron chi connectivity index (χ3n) is 3.11. The molecule has 20 heavy (non-hydrogen) atoms. The third-order valence-corrected chi connectivity index (χ3v) is 3.11. The SMILES string of the molecule is CCCOc1cc(NCC(C)(C)CCO)c(N)cc1F. The Kier molecular flexibility index (Phi) is 6.07. The third kappa shape index (κ3) is 4.89. The van der Waals surface area contributed by atoms with Gasteiger partial charge in [-0.25, -0.2) is 4.39 Å². The Labute approximate surface area is 120 Å². The van der Waals surface area contributed by atoms with Crippen molar-refractivity contribution < 1.29 is 14.2 Å². The van der Waals surface area contributed by atoms with Crippen molar-refractivity contribution in [2.24, 2.45) is 5.41 Å². The highest BCUT2D eigenvalue weighted by molar-refractivity contribution is 5.68. The van der Waals surface area contributed by atoms with E-state index in [4.69, 9.17) is 15.6 Å². The van der Waals surface area contributed by atoms with E-state index in [1.54, 1.807) is 6.07 Å². The number of benzene rings is 1. The monoisotopic (exact) mass is 284 g/mol. The molecule has 0 unspecified atom stereocenters. The highest BCUT2D eigenvalue weighted by atomic mass is 19.1. The number of nitrogen functional groups attached to an aromatic ring is 1. The highest BCUT2D eigenvalue weighted by Gasteiger charge is 2.18. The summed E-state index contributed by atoms with van der Waals surface area (Å²) in [4.78, 5) is 0. The first-order valence-electron chi connectivity index (χ1n) is 6.96. The molecule has 0 saturated carbocycles. The van der Waals surface area contributed by atoms with E-state index in [2.05, 4.69) is 5.32 Å². The standard InChI is InChI=1S/C15H25FN2O2/c1-4-7-20-14-9-13(12(17)8-11(14)16)18-10-15(2,3)5-6-19/h8-9,18-19H,4-7,10,17H2,1-3H3. The van der Waals surface area contributed by atoms with Crippen molar-refractivity contribution in [3.8, 4) is 5.75 Å². The zero-order chi connectivity index (χ0) is 15.2. The first-order chi connectivity index (χ1) is 9.39. The lowest BCUT2D eigenvalue weighted by Crippen LogP contribution is -2.24. The van der Waals surface area contributed by atoms with E-state index in [0.29, 0.717) is 30.9 Å². The van der Waals surface area contributed by atoms with Crippen LogP contribution in [0, 0.1) is 11.2 Å². The molecule has 0 saturated heterocycles. The largest absolute Gasteiger partial charge is 0.490 e. The van der Waals surface area contributed by atoms with E-state index >= 15 is 0 Å². The van der Waals surface area contributed by atoms with Crippen LogP contribution < -0.4 is 15.8 Å². The second-order valence-electron chi connectivity index (χ2n) is 5.71. The Morgan fingerprint density at radius 2 is 2.10 bits per heavy atom. The second kappa shape index (κ2) is 7.33. The van der Waals surface area contributed by atoms with Crippen LogP contribution in [0.2, 0.25) is 0 Å². The lowest BCUT2D eigenvalue weighted by atomic mass is 9.89. The Bertz CT molecular complexity index is 436. The molecule has 1 aromatic rings. The van der Waals surface area contributed by atoms with Gasteiger partial charge in [0.2, 0.25) is 0 Å². The van der Waals surface area contributed by atoms with Gasteiger partial charge in [0.1, 0.15) is 0 Å². The van der Waals surface area contributed by atoms with Crippen molar-refractivity contribution in [3.63, 3.8) is 0 Å². The first kappa shape index (κ1) is 16.6. The molecule has 0 spiro atoms. The predicted octanol–water partition coefficient (Wildman–Crippen LogP) is 3.02. The molecule has 0 aliphatic heterocycles. The molecular formula is C15H25FN2O2. The zero-order valence-electron chi connectivity index (χ0n) is 12.5. The molecule has 0 radical (unpaired) electrons. The van der Waals surface area contributed by atoms with Crippen LogP contribution in [-0.4, -0.2) is 24.9 Å². The predicted molar refractivity (Wildman–Crippen MR) is 80.6 cm³/mol. The summed E-state index contributed by atoms with van der Waals surface area (Å²) >= 11 is 0. The van der Waals surface area contributed by atoms with Gasteiger partial charge in [-0.05, 0) is 18.3 Å². The van der Waals surface area contributed by atoms with Gasteiger partial charge in [-0.2, -0.15) is 0 Å². The fourth-order valence-electron chi connectivity index (χ4n) is 1.77. The summed E-state index contributed by atoms with van der Waals surface area (Å²) < 4.78 is 19.0. The molecule has 0 atom stereocenters. The molecule has 0 aliphatic carbocycles. The summed E-state index contributed by atoms with van der Waals surface area (Å²) in [5.41, 5.74) is 6.75. The van der Waals surface area contributed by atoms with Crippen molar-refractivity contribution in [1.29, 1.82) is 0 Å². The van der Waals surface area contributed by atoms with Gasteiger partial charge < -0.3 is 20.9 Å². The number of aliphatic hydroxyl groups is 1. The summed E-state index contributed by atoms with van der Waals surface area (Å²) in [5, 5.41) is 12.2. The van der Waals surface area contributed by atoms with Crippen molar-refractivity contribution in [3.05, 3.63) is 17.9 Å². The fraction of sp³-hybridized carbons (Fsp3) is 0.600. The van der Waals surface area contributed by atoms with Crippen LogP contribution in [-0.2, 0) is 0 Å². The van der Waals surface area contributed by atoms with E-state index in [-0.39, 0.29) is 17.8 Å². The molecule has 1 rings (SSSR count). The molecule has 0 fully saturated rings. The maximum Gasteiger partial charge on any atom is 0.167 e. The number of nitrogens with one attached hydrogen (secondary N) is 1. The number of hydrogen-bond donors (Lipinski definition) is 3. The van der Waals surface area contributed by atoms with Crippen LogP contribution in [0.4, 0.5) is 15.8 Å². The van der Waals surface area contributed by atoms with Crippen LogP contribution in [0.25, 0.3) is 0 Å². The fourth-order valence-corrected chi connectivity index (χ4v) is 1.77. The van der Waals surface area contributed by atoms with Crippen molar-refractivity contribution in [2.45, 2.75) is 33.6 Å². The van der Waals surface area contributed by atoms with Crippen molar-refractivity contribution in [1.82, 2.24) is 0 Å². The van der Waals surface area contributed by atoms with Crippen LogP contribution in [0.1, 0.15) is 33.6 Å². The number of anilines is 2. The second-order valence-corrected chi connectivity index (χ2v) is 5.71. The van der Waals surface area contributed by atoms with Crippen molar-refractivity contribution in [2.75, 3.05) is 30.8 Å². The average molecular weight is 284 g/mol. The molecule has 0 aliphatic rings. The Hall–Kier alpha value is -1.49. The van der Waals surface area contributed by atoms with E-state index in [1.165, 1.54) is 6.07 Å². The Balaban J connectivity index is 2.79. The van der Waals surface area contributed by atoms with Gasteiger partial charge in [-0.3, -0.25) is 0 Å². The molecule has 0 amide bonds. The molecule has 4 nitrogen and oxygen atoms in total. The topological polar surface area (TPSA) is 67.5 Å². The molecule has 0 heterocycles. The zero-order valence-corrected chi connectivity index (χ0v) is 12.5. The quantitative estimate of drug-likeness (QED) is 0.642. The number of hydrogen-bond acceptors (Lipinski definition) is 4. The lowest BCUT2D eigenvalue weighted by molar-refractivity contribution is 0.220. The van der Waals surface area contributed by atoms with Crippen LogP contribution in [0.15, 0.2) is 12.1 Å². The number of nitrogens with two attached hydrogens (primary N) is 1. The Morgan fingerprint density at radius 3 is 2.70 bits per heavy atom. The molecule has 0 bridgehead atoms. The number of aliphatic hydroxyl groups excluding tert-OH is 1. The van der Waals surface area contributed by atoms with Gasteiger partial charge in [0.05, 0.1) is 18.0 Å². The Morgan fingerprint density at radius 1 is 1.40 bits per heavy atom. The maximum atomic E-state index is 13.7. The van der Waals surface area contributed by atoms with Gasteiger partial charge in [-0.1, -0.05) is 20.8 Å². The first-order valence-corrected chi connectivity index (χ1v) is 6.96. The normalized spacial score (nSPS) is 11.4. The lowest BCUT2D eigenvalue weighted by Gasteiger charge is -2.25. The minimum Gasteiger partial charge on any atom is -0.490 e. The smallest absolute Gasteiger partial charge is 0.167 e. The maximum absolute atomic E-state index is 13.7. The summed E-state index contributed by atoms with van der Waals surface area (Å²) in [5.74, 6) is -0.236. The molecular weight excluding hydrogens is 259 g/mol. The van der Waals surface area contributed by atoms with Gasteiger partial charge in [0.25, 0.3) is 0 Å². The van der Waals surface area contributed by atoms with Crippen LogP contribution in [0.3, 0.4) is 0 Å². The minimum atomic E-state index is -0.448. The molecule has 4 N–H and O–H groups in total. The summed E-state index contributed by atoms with van der Waals surface area (Å²) in [6.45, 7) is 7.30. The van der Waals surface area contributed by atoms with E-state index in [0.717, 1.165) is 6.42 Å². The van der Waals surface area contributed by atoms with E-state index < -0.39 is 5.82 Å². The minimum absolute atomic E-state index is 0.0694. The number of rotatable bonds is 8. The molecule has 0 aromatic heterocycles. The van der Waals surface area contributed by atoms with Gasteiger partial charge in [0.15, 0.2) is 11.6 Å². The van der Waals surface area contributed by atoms with E-state index in [9.17, 15) is 4.39 Å². The summed E-state index contributed by atoms with van der Waals surface area (Å²) in [6.07, 6.45) is 1.50. The van der Waals surface area contributed by atoms with Gasteiger partial charge in [0, 0.05) is 25.3 Å². The molecule has 5 heteroatoms. The van der Waals surface area contributed by atoms with Crippen LogP contribution in [0.5, 0.6) is 5.75 Å².